The largest absolute Gasteiger partial charge is 0.466 e. The monoisotopic (exact) mass is 227 g/mol. The number of halogens is 1. The van der Waals surface area contributed by atoms with Crippen molar-refractivity contribution >= 4 is 23.3 Å². The summed E-state index contributed by atoms with van der Waals surface area (Å²) in [5.41, 5.74) is 0.837. The molecular formula is C11H14ClNO2. The van der Waals surface area contributed by atoms with Crippen LogP contribution < -0.4 is 5.32 Å². The van der Waals surface area contributed by atoms with Crippen LogP contribution in [0.5, 0.6) is 0 Å². The maximum Gasteiger partial charge on any atom is 0.307 e. The van der Waals surface area contributed by atoms with Crippen molar-refractivity contribution in [3.63, 3.8) is 0 Å². The second-order valence-corrected chi connectivity index (χ2v) is 3.37. The summed E-state index contributed by atoms with van der Waals surface area (Å²) in [7, 11) is 0. The van der Waals surface area contributed by atoms with Crippen molar-refractivity contribution in [2.24, 2.45) is 0 Å². The molecule has 1 aromatic rings. The number of carbonyl (C=O) groups is 1. The predicted molar refractivity (Wildman–Crippen MR) is 61.2 cm³/mol. The van der Waals surface area contributed by atoms with Gasteiger partial charge in [0.1, 0.15) is 0 Å². The molecule has 0 aromatic heterocycles. The highest BCUT2D eigenvalue weighted by Gasteiger charge is 2.02. The quantitative estimate of drug-likeness (QED) is 0.786. The van der Waals surface area contributed by atoms with Gasteiger partial charge in [-0.3, -0.25) is 4.79 Å². The van der Waals surface area contributed by atoms with Gasteiger partial charge in [0.2, 0.25) is 0 Å². The van der Waals surface area contributed by atoms with Crippen LogP contribution in [-0.2, 0) is 9.53 Å². The number of hydrogen-bond donors (Lipinski definition) is 1. The summed E-state index contributed by atoms with van der Waals surface area (Å²) in [6.45, 7) is 2.74. The molecule has 0 unspecified atom stereocenters. The molecule has 0 heterocycles. The maximum absolute atomic E-state index is 11.0. The van der Waals surface area contributed by atoms with Crippen molar-refractivity contribution < 1.29 is 9.53 Å². The Labute approximate surface area is 94.4 Å². The number of anilines is 1. The Morgan fingerprint density at radius 3 is 2.87 bits per heavy atom. The Kier molecular flexibility index (Phi) is 4.98. The highest BCUT2D eigenvalue weighted by atomic mass is 35.5. The minimum Gasteiger partial charge on any atom is -0.466 e. The molecule has 0 atom stereocenters. The smallest absolute Gasteiger partial charge is 0.307 e. The first kappa shape index (κ1) is 11.9. The number of para-hydroxylation sites is 1. The van der Waals surface area contributed by atoms with Gasteiger partial charge in [0.05, 0.1) is 23.7 Å². The fraction of sp³-hybridized carbons (Fsp3) is 0.364. The van der Waals surface area contributed by atoms with Crippen LogP contribution in [0, 0.1) is 0 Å². The molecule has 82 valence electrons. The van der Waals surface area contributed by atoms with Crippen molar-refractivity contribution in [1.82, 2.24) is 0 Å². The predicted octanol–water partition coefficient (Wildman–Crippen LogP) is 2.71. The first-order valence-corrected chi connectivity index (χ1v) is 5.26. The molecule has 0 aliphatic heterocycles. The van der Waals surface area contributed by atoms with E-state index < -0.39 is 0 Å². The van der Waals surface area contributed by atoms with Crippen LogP contribution in [0.3, 0.4) is 0 Å². The minimum atomic E-state index is -0.197. The molecule has 0 saturated heterocycles. The number of nitrogens with one attached hydrogen (secondary N) is 1. The zero-order valence-corrected chi connectivity index (χ0v) is 9.38. The van der Waals surface area contributed by atoms with E-state index in [4.69, 9.17) is 16.3 Å². The summed E-state index contributed by atoms with van der Waals surface area (Å²) in [4.78, 5) is 11.0. The summed E-state index contributed by atoms with van der Waals surface area (Å²) in [6, 6.07) is 7.42. The van der Waals surface area contributed by atoms with E-state index in [9.17, 15) is 4.79 Å². The van der Waals surface area contributed by atoms with Crippen LogP contribution in [0.15, 0.2) is 24.3 Å². The zero-order valence-electron chi connectivity index (χ0n) is 8.63. The lowest BCUT2D eigenvalue weighted by Crippen LogP contribution is -2.11. The molecule has 0 saturated carbocycles. The Hall–Kier alpha value is -1.22. The number of carbonyl (C=O) groups excluding carboxylic acids is 1. The molecule has 15 heavy (non-hydrogen) atoms. The SMILES string of the molecule is CCOC(=O)CCNc1ccccc1Cl. The molecule has 1 rings (SSSR count). The van der Waals surface area contributed by atoms with Crippen LogP contribution in [0.4, 0.5) is 5.69 Å². The van der Waals surface area contributed by atoms with Crippen molar-refractivity contribution in [1.29, 1.82) is 0 Å². The van der Waals surface area contributed by atoms with E-state index >= 15 is 0 Å². The first-order valence-electron chi connectivity index (χ1n) is 4.88. The van der Waals surface area contributed by atoms with E-state index in [1.54, 1.807) is 13.0 Å². The minimum absolute atomic E-state index is 0.197. The molecule has 0 radical (unpaired) electrons. The van der Waals surface area contributed by atoms with Crippen molar-refractivity contribution in [3.8, 4) is 0 Å². The molecule has 4 heteroatoms. The van der Waals surface area contributed by atoms with Gasteiger partial charge in [0, 0.05) is 6.54 Å². The van der Waals surface area contributed by atoms with E-state index in [-0.39, 0.29) is 5.97 Å². The highest BCUT2D eigenvalue weighted by Crippen LogP contribution is 2.19. The molecule has 0 fully saturated rings. The first-order chi connectivity index (χ1) is 7.24. The molecular weight excluding hydrogens is 214 g/mol. The van der Waals surface area contributed by atoms with Gasteiger partial charge in [0.15, 0.2) is 0 Å². The molecule has 3 nitrogen and oxygen atoms in total. The van der Waals surface area contributed by atoms with Crippen LogP contribution >= 0.6 is 11.6 Å². The normalized spacial score (nSPS) is 9.73. The number of rotatable bonds is 5. The third-order valence-electron chi connectivity index (χ3n) is 1.82. The standard InChI is InChI=1S/C11H14ClNO2/c1-2-15-11(14)7-8-13-10-6-4-3-5-9(10)12/h3-6,13H,2,7-8H2,1H3. The lowest BCUT2D eigenvalue weighted by molar-refractivity contribution is -0.142. The van der Waals surface area contributed by atoms with Crippen molar-refractivity contribution in [2.75, 3.05) is 18.5 Å². The average molecular weight is 228 g/mol. The summed E-state index contributed by atoms with van der Waals surface area (Å²) < 4.78 is 4.80. The third kappa shape index (κ3) is 4.21. The number of esters is 1. The molecule has 0 aliphatic rings. The molecule has 0 aliphatic carbocycles. The lowest BCUT2D eigenvalue weighted by Gasteiger charge is -2.07. The molecule has 1 N–H and O–H groups in total. The number of benzene rings is 1. The maximum atomic E-state index is 11.0. The van der Waals surface area contributed by atoms with Crippen LogP contribution in [0.2, 0.25) is 5.02 Å². The molecule has 0 amide bonds. The second-order valence-electron chi connectivity index (χ2n) is 2.96. The van der Waals surface area contributed by atoms with E-state index in [0.717, 1.165) is 5.69 Å². The highest BCUT2D eigenvalue weighted by molar-refractivity contribution is 6.33. The van der Waals surface area contributed by atoms with Gasteiger partial charge in [-0.2, -0.15) is 0 Å². The van der Waals surface area contributed by atoms with Gasteiger partial charge < -0.3 is 10.1 Å². The topological polar surface area (TPSA) is 38.3 Å². The van der Waals surface area contributed by atoms with Gasteiger partial charge in [-0.1, -0.05) is 23.7 Å². The summed E-state index contributed by atoms with van der Waals surface area (Å²) in [6.07, 6.45) is 0.346. The van der Waals surface area contributed by atoms with Crippen LogP contribution in [-0.4, -0.2) is 19.1 Å². The lowest BCUT2D eigenvalue weighted by atomic mass is 10.3. The Morgan fingerprint density at radius 2 is 2.20 bits per heavy atom. The van der Waals surface area contributed by atoms with Crippen molar-refractivity contribution in [2.45, 2.75) is 13.3 Å². The van der Waals surface area contributed by atoms with Gasteiger partial charge in [-0.25, -0.2) is 0 Å². The molecule has 0 spiro atoms. The van der Waals surface area contributed by atoms with Crippen molar-refractivity contribution in [3.05, 3.63) is 29.3 Å². The van der Waals surface area contributed by atoms with Gasteiger partial charge in [-0.05, 0) is 19.1 Å². The Bertz CT molecular complexity index is 328. The van der Waals surface area contributed by atoms with Gasteiger partial charge in [-0.15, -0.1) is 0 Å². The Balaban J connectivity index is 2.32. The summed E-state index contributed by atoms with van der Waals surface area (Å²) in [5.74, 6) is -0.197. The fourth-order valence-electron chi connectivity index (χ4n) is 1.14. The second kappa shape index (κ2) is 6.30. The third-order valence-corrected chi connectivity index (χ3v) is 2.15. The molecule has 0 bridgehead atoms. The van der Waals surface area contributed by atoms with E-state index in [1.807, 2.05) is 18.2 Å². The van der Waals surface area contributed by atoms with Crippen LogP contribution in [0.1, 0.15) is 13.3 Å². The van der Waals surface area contributed by atoms with Crippen LogP contribution in [0.25, 0.3) is 0 Å². The average Bonchev–Trinajstić information content (AvgIpc) is 2.21. The number of ether oxygens (including phenoxy) is 1. The Morgan fingerprint density at radius 1 is 1.47 bits per heavy atom. The van der Waals surface area contributed by atoms with Gasteiger partial charge >= 0.3 is 5.97 Å². The fourth-order valence-corrected chi connectivity index (χ4v) is 1.34. The zero-order chi connectivity index (χ0) is 11.1. The van der Waals surface area contributed by atoms with E-state index in [0.29, 0.717) is 24.6 Å². The van der Waals surface area contributed by atoms with E-state index in [2.05, 4.69) is 5.32 Å². The van der Waals surface area contributed by atoms with E-state index in [1.165, 1.54) is 0 Å². The number of hydrogen-bond acceptors (Lipinski definition) is 3. The summed E-state index contributed by atoms with van der Waals surface area (Å²) in [5, 5.41) is 3.72. The van der Waals surface area contributed by atoms with Gasteiger partial charge in [0.25, 0.3) is 0 Å². The summed E-state index contributed by atoms with van der Waals surface area (Å²) >= 11 is 5.92. The molecule has 1 aromatic carbocycles.